The molecule has 0 spiro atoms. The third-order valence-corrected chi connectivity index (χ3v) is 3.95. The lowest BCUT2D eigenvalue weighted by Crippen LogP contribution is -2.60. The second-order valence-electron chi connectivity index (χ2n) is 5.65. The molecule has 2 atom stereocenters. The quantitative estimate of drug-likeness (QED) is 0.788. The van der Waals surface area contributed by atoms with Gasteiger partial charge in [-0.25, -0.2) is 8.78 Å². The van der Waals surface area contributed by atoms with Gasteiger partial charge in [-0.3, -0.25) is 4.79 Å². The second-order valence-corrected chi connectivity index (χ2v) is 5.65. The van der Waals surface area contributed by atoms with Gasteiger partial charge in [-0.15, -0.1) is 0 Å². The first kappa shape index (κ1) is 14.9. The molecule has 1 saturated carbocycles. The Hall–Kier alpha value is -1.53. The van der Waals surface area contributed by atoms with Gasteiger partial charge in [0.05, 0.1) is 12.6 Å². The summed E-state index contributed by atoms with van der Waals surface area (Å²) in [5.74, 6) is -2.14. The van der Waals surface area contributed by atoms with E-state index in [1.165, 1.54) is 6.07 Å². The summed E-state index contributed by atoms with van der Waals surface area (Å²) in [4.78, 5) is 11.7. The van der Waals surface area contributed by atoms with Crippen molar-refractivity contribution in [2.45, 2.75) is 32.4 Å². The predicted molar refractivity (Wildman–Crippen MR) is 71.2 cm³/mol. The van der Waals surface area contributed by atoms with Crippen LogP contribution >= 0.6 is 0 Å². The molecule has 0 aromatic heterocycles. The first-order valence-corrected chi connectivity index (χ1v) is 6.47. The first-order valence-electron chi connectivity index (χ1n) is 6.47. The molecule has 1 aliphatic rings. The lowest BCUT2D eigenvalue weighted by Gasteiger charge is -2.49. The molecule has 0 radical (unpaired) electrons. The highest BCUT2D eigenvalue weighted by molar-refractivity contribution is 5.92. The van der Waals surface area contributed by atoms with Crippen molar-refractivity contribution < 1.29 is 18.7 Å². The van der Waals surface area contributed by atoms with Gasteiger partial charge in [0.25, 0.3) is 0 Å². The Morgan fingerprint density at radius 2 is 2.00 bits per heavy atom. The molecule has 0 aliphatic heterocycles. The Balaban J connectivity index is 1.88. The van der Waals surface area contributed by atoms with E-state index in [0.29, 0.717) is 6.42 Å². The van der Waals surface area contributed by atoms with Gasteiger partial charge in [0, 0.05) is 11.5 Å². The molecule has 2 unspecified atom stereocenters. The summed E-state index contributed by atoms with van der Waals surface area (Å²) < 4.78 is 26.7. The van der Waals surface area contributed by atoms with E-state index in [-0.39, 0.29) is 18.0 Å². The van der Waals surface area contributed by atoms with E-state index in [4.69, 9.17) is 0 Å². The lowest BCUT2D eigenvalue weighted by atomic mass is 9.64. The summed E-state index contributed by atoms with van der Waals surface area (Å²) >= 11 is 0. The number of para-hydroxylation sites is 1. The SMILES string of the molecule is CC1(C)C(O)CC1NCC(=O)Nc1c(F)cccc1F. The van der Waals surface area contributed by atoms with E-state index in [9.17, 15) is 18.7 Å². The Kier molecular flexibility index (Phi) is 4.06. The summed E-state index contributed by atoms with van der Waals surface area (Å²) in [6.45, 7) is 3.73. The summed E-state index contributed by atoms with van der Waals surface area (Å²) in [5.41, 5.74) is -0.740. The molecular formula is C14H18F2N2O2. The standard InChI is InChI=1S/C14H18F2N2O2/c1-14(2)10(6-11(14)19)17-7-12(20)18-13-8(15)4-3-5-9(13)16/h3-5,10-11,17,19H,6-7H2,1-2H3,(H,18,20). The van der Waals surface area contributed by atoms with Gasteiger partial charge in [-0.1, -0.05) is 19.9 Å². The highest BCUT2D eigenvalue weighted by Crippen LogP contribution is 2.40. The Bertz CT molecular complexity index is 500. The molecule has 1 fully saturated rings. The maximum atomic E-state index is 13.4. The van der Waals surface area contributed by atoms with Gasteiger partial charge < -0.3 is 15.7 Å². The Morgan fingerprint density at radius 3 is 2.50 bits per heavy atom. The zero-order chi connectivity index (χ0) is 14.9. The topological polar surface area (TPSA) is 61.4 Å². The van der Waals surface area contributed by atoms with Crippen LogP contribution in [0.25, 0.3) is 0 Å². The minimum absolute atomic E-state index is 0.00807. The fourth-order valence-corrected chi connectivity index (χ4v) is 2.27. The van der Waals surface area contributed by atoms with Crippen molar-refractivity contribution in [3.63, 3.8) is 0 Å². The Labute approximate surface area is 116 Å². The highest BCUT2D eigenvalue weighted by Gasteiger charge is 2.46. The van der Waals surface area contributed by atoms with Crippen LogP contribution in [0, 0.1) is 17.0 Å². The number of anilines is 1. The zero-order valence-corrected chi connectivity index (χ0v) is 11.4. The van der Waals surface area contributed by atoms with E-state index in [1.54, 1.807) is 0 Å². The third-order valence-electron chi connectivity index (χ3n) is 3.95. The van der Waals surface area contributed by atoms with Gasteiger partial charge in [0.2, 0.25) is 5.91 Å². The van der Waals surface area contributed by atoms with Gasteiger partial charge in [-0.05, 0) is 18.6 Å². The van der Waals surface area contributed by atoms with E-state index in [2.05, 4.69) is 10.6 Å². The van der Waals surface area contributed by atoms with Crippen molar-refractivity contribution in [2.75, 3.05) is 11.9 Å². The second kappa shape index (κ2) is 5.46. The normalized spacial score (nSPS) is 24.1. The number of halogens is 2. The van der Waals surface area contributed by atoms with Crippen LogP contribution in [0.1, 0.15) is 20.3 Å². The number of rotatable bonds is 4. The third kappa shape index (κ3) is 2.81. The van der Waals surface area contributed by atoms with Gasteiger partial charge in [0.15, 0.2) is 0 Å². The molecule has 1 aliphatic carbocycles. The van der Waals surface area contributed by atoms with Gasteiger partial charge >= 0.3 is 0 Å². The van der Waals surface area contributed by atoms with Crippen LogP contribution in [0.3, 0.4) is 0 Å². The van der Waals surface area contributed by atoms with Crippen molar-refractivity contribution >= 4 is 11.6 Å². The number of amides is 1. The lowest BCUT2D eigenvalue weighted by molar-refractivity contribution is -0.117. The maximum absolute atomic E-state index is 13.4. The monoisotopic (exact) mass is 284 g/mol. The van der Waals surface area contributed by atoms with Crippen LogP contribution in [0.4, 0.5) is 14.5 Å². The minimum Gasteiger partial charge on any atom is -0.392 e. The first-order chi connectivity index (χ1) is 9.32. The van der Waals surface area contributed by atoms with E-state index < -0.39 is 29.3 Å². The number of carbonyl (C=O) groups is 1. The molecule has 20 heavy (non-hydrogen) atoms. The highest BCUT2D eigenvalue weighted by atomic mass is 19.1. The van der Waals surface area contributed by atoms with E-state index >= 15 is 0 Å². The van der Waals surface area contributed by atoms with Crippen LogP contribution in [0.2, 0.25) is 0 Å². The number of benzene rings is 1. The molecule has 6 heteroatoms. The summed E-state index contributed by atoms with van der Waals surface area (Å²) in [6.07, 6.45) is 0.168. The molecule has 0 bridgehead atoms. The van der Waals surface area contributed by atoms with E-state index in [0.717, 1.165) is 12.1 Å². The van der Waals surface area contributed by atoms with Crippen LogP contribution in [0.5, 0.6) is 0 Å². The summed E-state index contributed by atoms with van der Waals surface area (Å²) in [7, 11) is 0. The number of hydrogen-bond donors (Lipinski definition) is 3. The summed E-state index contributed by atoms with van der Waals surface area (Å²) in [5, 5.41) is 14.8. The number of aliphatic hydroxyl groups excluding tert-OH is 1. The number of aliphatic hydroxyl groups is 1. The van der Waals surface area contributed by atoms with Crippen molar-refractivity contribution in [1.82, 2.24) is 5.32 Å². The molecule has 0 saturated heterocycles. The molecule has 1 aromatic carbocycles. The van der Waals surface area contributed by atoms with Crippen molar-refractivity contribution in [1.29, 1.82) is 0 Å². The summed E-state index contributed by atoms with van der Waals surface area (Å²) in [6, 6.07) is 3.40. The molecule has 2 rings (SSSR count). The minimum atomic E-state index is -0.808. The number of hydrogen-bond acceptors (Lipinski definition) is 3. The van der Waals surface area contributed by atoms with Crippen molar-refractivity contribution in [3.05, 3.63) is 29.8 Å². The van der Waals surface area contributed by atoms with E-state index in [1.807, 2.05) is 13.8 Å². The Morgan fingerprint density at radius 1 is 1.40 bits per heavy atom. The van der Waals surface area contributed by atoms with Crippen molar-refractivity contribution in [3.8, 4) is 0 Å². The van der Waals surface area contributed by atoms with Crippen molar-refractivity contribution in [2.24, 2.45) is 5.41 Å². The van der Waals surface area contributed by atoms with Crippen LogP contribution < -0.4 is 10.6 Å². The zero-order valence-electron chi connectivity index (χ0n) is 11.4. The molecule has 110 valence electrons. The largest absolute Gasteiger partial charge is 0.392 e. The average molecular weight is 284 g/mol. The predicted octanol–water partition coefficient (Wildman–Crippen LogP) is 1.65. The smallest absolute Gasteiger partial charge is 0.238 e. The molecule has 1 aromatic rings. The van der Waals surface area contributed by atoms with Gasteiger partial charge in [0.1, 0.15) is 17.3 Å². The average Bonchev–Trinajstić information content (AvgIpc) is 2.38. The molecule has 0 heterocycles. The van der Waals surface area contributed by atoms with Crippen LogP contribution in [-0.4, -0.2) is 29.7 Å². The van der Waals surface area contributed by atoms with Crippen LogP contribution in [0.15, 0.2) is 18.2 Å². The number of carbonyl (C=O) groups excluding carboxylic acids is 1. The fraction of sp³-hybridized carbons (Fsp3) is 0.500. The number of nitrogens with one attached hydrogen (secondary N) is 2. The molecular weight excluding hydrogens is 266 g/mol. The van der Waals surface area contributed by atoms with Gasteiger partial charge in [-0.2, -0.15) is 0 Å². The molecule has 3 N–H and O–H groups in total. The molecule has 4 nitrogen and oxygen atoms in total. The fourth-order valence-electron chi connectivity index (χ4n) is 2.27. The van der Waals surface area contributed by atoms with Crippen LogP contribution in [-0.2, 0) is 4.79 Å². The maximum Gasteiger partial charge on any atom is 0.238 e. The molecule has 1 amide bonds.